The van der Waals surface area contributed by atoms with E-state index < -0.39 is 5.97 Å². The second-order valence-corrected chi connectivity index (χ2v) is 3.46. The van der Waals surface area contributed by atoms with Gasteiger partial charge in [-0.3, -0.25) is 0 Å². The quantitative estimate of drug-likeness (QED) is 0.744. The lowest BCUT2D eigenvalue weighted by atomic mass is 9.97. The van der Waals surface area contributed by atoms with Gasteiger partial charge in [-0.05, 0) is 23.1 Å². The first-order valence-electron chi connectivity index (χ1n) is 4.61. The minimum atomic E-state index is -0.913. The molecule has 0 aliphatic rings. The lowest BCUT2D eigenvalue weighted by molar-refractivity contribution is -0.131. The molecule has 74 valence electrons. The van der Waals surface area contributed by atoms with Gasteiger partial charge < -0.3 is 5.11 Å². The number of aliphatic carboxylic acids is 1. The molecule has 1 N–H and O–H groups in total. The summed E-state index contributed by atoms with van der Waals surface area (Å²) in [5.41, 5.74) is 2.15. The smallest absolute Gasteiger partial charge is 0.328 e. The molecule has 0 heterocycles. The van der Waals surface area contributed by atoms with Crippen LogP contribution in [-0.4, -0.2) is 11.1 Å². The van der Waals surface area contributed by atoms with E-state index in [9.17, 15) is 4.79 Å². The van der Waals surface area contributed by atoms with Crippen molar-refractivity contribution in [3.8, 4) is 0 Å². The van der Waals surface area contributed by atoms with Gasteiger partial charge >= 0.3 is 5.97 Å². The molecule has 0 amide bonds. The molecule has 0 aliphatic heterocycles. The zero-order valence-corrected chi connectivity index (χ0v) is 8.40. The van der Waals surface area contributed by atoms with Crippen LogP contribution in [0.2, 0.25) is 0 Å². The van der Waals surface area contributed by atoms with Crippen molar-refractivity contribution in [3.05, 3.63) is 41.5 Å². The Morgan fingerprint density at radius 1 is 1.36 bits per heavy atom. The van der Waals surface area contributed by atoms with Crippen LogP contribution in [0.3, 0.4) is 0 Å². The normalized spacial score (nSPS) is 11.1. The van der Waals surface area contributed by atoms with E-state index in [4.69, 9.17) is 5.11 Å². The van der Waals surface area contributed by atoms with E-state index in [-0.39, 0.29) is 0 Å². The minimum absolute atomic E-state index is 0.407. The van der Waals surface area contributed by atoms with Gasteiger partial charge in [-0.1, -0.05) is 38.1 Å². The van der Waals surface area contributed by atoms with E-state index in [2.05, 4.69) is 13.8 Å². The molecule has 0 saturated heterocycles. The largest absolute Gasteiger partial charge is 0.478 e. The van der Waals surface area contributed by atoms with E-state index >= 15 is 0 Å². The SMILES string of the molecule is CC(C)c1ccccc1C=CC(=O)O. The molecular formula is C12H14O2. The van der Waals surface area contributed by atoms with Crippen LogP contribution in [0.1, 0.15) is 30.9 Å². The Bertz CT molecular complexity index is 351. The fraction of sp³-hybridized carbons (Fsp3) is 0.250. The van der Waals surface area contributed by atoms with Gasteiger partial charge in [0.05, 0.1) is 0 Å². The molecule has 1 aromatic rings. The monoisotopic (exact) mass is 190 g/mol. The van der Waals surface area contributed by atoms with Gasteiger partial charge in [0.2, 0.25) is 0 Å². The average molecular weight is 190 g/mol. The van der Waals surface area contributed by atoms with Crippen LogP contribution in [0.4, 0.5) is 0 Å². The highest BCUT2D eigenvalue weighted by molar-refractivity contribution is 5.85. The maximum atomic E-state index is 10.4. The van der Waals surface area contributed by atoms with E-state index in [0.717, 1.165) is 5.56 Å². The van der Waals surface area contributed by atoms with Crippen molar-refractivity contribution in [2.45, 2.75) is 19.8 Å². The molecule has 0 radical (unpaired) electrons. The van der Waals surface area contributed by atoms with Crippen LogP contribution < -0.4 is 0 Å². The fourth-order valence-corrected chi connectivity index (χ4v) is 1.35. The summed E-state index contributed by atoms with van der Waals surface area (Å²) in [6.07, 6.45) is 2.80. The summed E-state index contributed by atoms with van der Waals surface area (Å²) < 4.78 is 0. The highest BCUT2D eigenvalue weighted by atomic mass is 16.4. The van der Waals surface area contributed by atoms with Crippen molar-refractivity contribution >= 4 is 12.0 Å². The van der Waals surface area contributed by atoms with E-state index in [1.165, 1.54) is 11.6 Å². The molecule has 0 spiro atoms. The molecule has 0 saturated carbocycles. The Labute approximate surface area is 83.9 Å². The van der Waals surface area contributed by atoms with Gasteiger partial charge in [-0.25, -0.2) is 4.79 Å². The van der Waals surface area contributed by atoms with Gasteiger partial charge in [0.1, 0.15) is 0 Å². The summed E-state index contributed by atoms with van der Waals surface area (Å²) in [6, 6.07) is 7.82. The Morgan fingerprint density at radius 2 is 2.00 bits per heavy atom. The van der Waals surface area contributed by atoms with Crippen LogP contribution in [0, 0.1) is 0 Å². The molecule has 14 heavy (non-hydrogen) atoms. The number of carboxylic acid groups (broad SMARTS) is 1. The number of hydrogen-bond acceptors (Lipinski definition) is 1. The average Bonchev–Trinajstić information content (AvgIpc) is 2.15. The van der Waals surface area contributed by atoms with Crippen LogP contribution in [0.25, 0.3) is 6.08 Å². The van der Waals surface area contributed by atoms with E-state index in [1.54, 1.807) is 6.08 Å². The zero-order valence-electron chi connectivity index (χ0n) is 8.40. The van der Waals surface area contributed by atoms with E-state index in [0.29, 0.717) is 5.92 Å². The number of benzene rings is 1. The first kappa shape index (κ1) is 10.5. The summed E-state index contributed by atoms with van der Waals surface area (Å²) >= 11 is 0. The molecule has 1 rings (SSSR count). The number of rotatable bonds is 3. The molecule has 2 nitrogen and oxygen atoms in total. The zero-order chi connectivity index (χ0) is 10.6. The molecule has 0 unspecified atom stereocenters. The molecule has 0 bridgehead atoms. The third kappa shape index (κ3) is 2.73. The summed E-state index contributed by atoms with van der Waals surface area (Å²) in [4.78, 5) is 10.4. The molecule has 1 aromatic carbocycles. The summed E-state index contributed by atoms with van der Waals surface area (Å²) in [6.45, 7) is 4.18. The Hall–Kier alpha value is -1.57. The second-order valence-electron chi connectivity index (χ2n) is 3.46. The molecule has 0 aromatic heterocycles. The predicted octanol–water partition coefficient (Wildman–Crippen LogP) is 2.91. The summed E-state index contributed by atoms with van der Waals surface area (Å²) in [5.74, 6) is -0.506. The summed E-state index contributed by atoms with van der Waals surface area (Å²) in [5, 5.41) is 8.52. The summed E-state index contributed by atoms with van der Waals surface area (Å²) in [7, 11) is 0. The van der Waals surface area contributed by atoms with Crippen LogP contribution >= 0.6 is 0 Å². The number of hydrogen-bond donors (Lipinski definition) is 1. The highest BCUT2D eigenvalue weighted by Crippen LogP contribution is 2.19. The lowest BCUT2D eigenvalue weighted by Gasteiger charge is -2.08. The number of carboxylic acids is 1. The van der Waals surface area contributed by atoms with Crippen molar-refractivity contribution in [3.63, 3.8) is 0 Å². The van der Waals surface area contributed by atoms with Crippen molar-refractivity contribution < 1.29 is 9.90 Å². The Morgan fingerprint density at radius 3 is 2.57 bits per heavy atom. The third-order valence-electron chi connectivity index (χ3n) is 2.02. The second kappa shape index (κ2) is 4.61. The minimum Gasteiger partial charge on any atom is -0.478 e. The maximum Gasteiger partial charge on any atom is 0.328 e. The van der Waals surface area contributed by atoms with Gasteiger partial charge in [0, 0.05) is 6.08 Å². The van der Waals surface area contributed by atoms with Gasteiger partial charge in [0.15, 0.2) is 0 Å². The lowest BCUT2D eigenvalue weighted by Crippen LogP contribution is -1.92. The van der Waals surface area contributed by atoms with Gasteiger partial charge in [-0.15, -0.1) is 0 Å². The number of carbonyl (C=O) groups is 1. The molecule has 0 atom stereocenters. The molecular weight excluding hydrogens is 176 g/mol. The topological polar surface area (TPSA) is 37.3 Å². The van der Waals surface area contributed by atoms with Crippen LogP contribution in [0.5, 0.6) is 0 Å². The first-order chi connectivity index (χ1) is 6.61. The Balaban J connectivity index is 3.01. The Kier molecular flexibility index (Phi) is 3.46. The van der Waals surface area contributed by atoms with Gasteiger partial charge in [0.25, 0.3) is 0 Å². The molecule has 2 heteroatoms. The third-order valence-corrected chi connectivity index (χ3v) is 2.02. The first-order valence-corrected chi connectivity index (χ1v) is 4.61. The van der Waals surface area contributed by atoms with Crippen LogP contribution in [-0.2, 0) is 4.79 Å². The standard InChI is InChI=1S/C12H14O2/c1-9(2)11-6-4-3-5-10(11)7-8-12(13)14/h3-9H,1-2H3,(H,13,14). The molecule has 0 fully saturated rings. The van der Waals surface area contributed by atoms with Crippen molar-refractivity contribution in [1.82, 2.24) is 0 Å². The van der Waals surface area contributed by atoms with Gasteiger partial charge in [-0.2, -0.15) is 0 Å². The maximum absolute atomic E-state index is 10.4. The van der Waals surface area contributed by atoms with Crippen molar-refractivity contribution in [1.29, 1.82) is 0 Å². The van der Waals surface area contributed by atoms with Crippen LogP contribution in [0.15, 0.2) is 30.3 Å². The van der Waals surface area contributed by atoms with E-state index in [1.807, 2.05) is 24.3 Å². The predicted molar refractivity (Wildman–Crippen MR) is 57.2 cm³/mol. The highest BCUT2D eigenvalue weighted by Gasteiger charge is 2.02. The van der Waals surface area contributed by atoms with Crippen molar-refractivity contribution in [2.24, 2.45) is 0 Å². The van der Waals surface area contributed by atoms with Crippen molar-refractivity contribution in [2.75, 3.05) is 0 Å². The fourth-order valence-electron chi connectivity index (χ4n) is 1.35. The molecule has 0 aliphatic carbocycles.